The second kappa shape index (κ2) is 10.1. The normalized spacial score (nSPS) is 23.4. The van der Waals surface area contributed by atoms with Crippen LogP contribution in [0.2, 0.25) is 0 Å². The minimum atomic E-state index is -4.75. The fourth-order valence-corrected chi connectivity index (χ4v) is 2.49. The van der Waals surface area contributed by atoms with Crippen LogP contribution < -0.4 is 85.9 Å². The van der Waals surface area contributed by atoms with E-state index >= 15 is 0 Å². The first-order valence-corrected chi connectivity index (χ1v) is 8.22. The van der Waals surface area contributed by atoms with Gasteiger partial charge in [-0.05, 0) is 14.5 Å². The number of rotatable bonds is 5. The van der Waals surface area contributed by atoms with Gasteiger partial charge in [-0.25, -0.2) is 4.79 Å². The molecule has 1 saturated heterocycles. The molecule has 0 aliphatic carbocycles. The first-order valence-electron chi connectivity index (χ1n) is 6.49. The first kappa shape index (κ1) is 24.7. The van der Waals surface area contributed by atoms with Gasteiger partial charge in [0.25, 0.3) is 5.56 Å². The van der Waals surface area contributed by atoms with Crippen LogP contribution in [0.25, 0.3) is 0 Å². The van der Waals surface area contributed by atoms with Crippen LogP contribution in [-0.2, 0) is 14.0 Å². The van der Waals surface area contributed by atoms with E-state index in [9.17, 15) is 23.9 Å². The topological polar surface area (TPSA) is 163 Å². The van der Waals surface area contributed by atoms with Crippen molar-refractivity contribution < 1.29 is 82.9 Å². The van der Waals surface area contributed by atoms with Gasteiger partial charge in [0.2, 0.25) is 0 Å². The molecule has 0 amide bonds. The fraction of sp³-hybridized carbons (Fsp3) is 0.636. The van der Waals surface area contributed by atoms with Crippen LogP contribution in [0.15, 0.2) is 15.8 Å². The number of nitrogens with two attached hydrogens (primary N) is 1. The SMILES string of the molecule is Cc1cn([C@H]2C[C@H](N)[C@@H](COCP(=O)([O-])[O-])O2)c(=O)[nH]c1=O.[Na+].[Na+]. The maximum atomic E-state index is 11.8. The standard InChI is InChI=1S/C11H18N3O7P.2Na/c1-6-3-14(11(16)13-10(6)15)9-2-7(12)8(21-9)4-20-5-22(17,18)19;;/h3,7-9H,2,4-5,12H2,1H3,(H,13,15,16)(H2,17,18,19);;/q;2*+1/p-2/t7-,8+,9+;;/m0../s1. The molecule has 0 spiro atoms. The van der Waals surface area contributed by atoms with E-state index in [-0.39, 0.29) is 72.1 Å². The Bertz CT molecular complexity index is 704. The summed E-state index contributed by atoms with van der Waals surface area (Å²) in [6.07, 6.45) is -0.646. The predicted molar refractivity (Wildman–Crippen MR) is 71.0 cm³/mol. The van der Waals surface area contributed by atoms with Crippen molar-refractivity contribution in [3.8, 4) is 0 Å². The Balaban J connectivity index is 0.00000264. The average Bonchev–Trinajstić information content (AvgIpc) is 2.74. The van der Waals surface area contributed by atoms with Gasteiger partial charge >= 0.3 is 64.8 Å². The molecule has 1 aromatic heterocycles. The van der Waals surface area contributed by atoms with Crippen molar-refractivity contribution in [3.63, 3.8) is 0 Å². The van der Waals surface area contributed by atoms with Crippen molar-refractivity contribution in [2.75, 3.05) is 13.0 Å². The van der Waals surface area contributed by atoms with Crippen molar-refractivity contribution in [1.82, 2.24) is 9.55 Å². The molecule has 1 aliphatic rings. The quantitative estimate of drug-likeness (QED) is 0.376. The predicted octanol–water partition coefficient (Wildman–Crippen LogP) is -8.64. The summed E-state index contributed by atoms with van der Waals surface area (Å²) in [5.41, 5.74) is 5.09. The molecule has 124 valence electrons. The van der Waals surface area contributed by atoms with Gasteiger partial charge in [-0.2, -0.15) is 0 Å². The molecule has 0 saturated carbocycles. The van der Waals surface area contributed by atoms with Gasteiger partial charge in [-0.3, -0.25) is 14.3 Å². The molecular weight excluding hydrogens is 363 g/mol. The number of aryl methyl sites for hydroxylation is 1. The second-order valence-electron chi connectivity index (χ2n) is 5.12. The van der Waals surface area contributed by atoms with Gasteiger partial charge in [-0.1, -0.05) is 0 Å². The Morgan fingerprint density at radius 2 is 2.08 bits per heavy atom. The van der Waals surface area contributed by atoms with E-state index in [0.29, 0.717) is 5.56 Å². The van der Waals surface area contributed by atoms with Crippen molar-refractivity contribution >= 4 is 7.60 Å². The van der Waals surface area contributed by atoms with Crippen LogP contribution in [0.3, 0.4) is 0 Å². The minimum absolute atomic E-state index is 0. The zero-order valence-electron chi connectivity index (χ0n) is 13.8. The van der Waals surface area contributed by atoms with E-state index in [4.69, 9.17) is 15.2 Å². The summed E-state index contributed by atoms with van der Waals surface area (Å²) >= 11 is 0. The second-order valence-corrected chi connectivity index (χ2v) is 6.60. The third-order valence-corrected chi connectivity index (χ3v) is 3.77. The van der Waals surface area contributed by atoms with Gasteiger partial charge < -0.3 is 29.6 Å². The van der Waals surface area contributed by atoms with Crippen LogP contribution in [0.5, 0.6) is 0 Å². The van der Waals surface area contributed by atoms with E-state index in [1.165, 1.54) is 10.8 Å². The van der Waals surface area contributed by atoms with Crippen LogP contribution in [0.4, 0.5) is 0 Å². The van der Waals surface area contributed by atoms with Gasteiger partial charge in [0, 0.05) is 24.2 Å². The molecule has 0 aromatic carbocycles. The van der Waals surface area contributed by atoms with Crippen LogP contribution in [0, 0.1) is 6.92 Å². The van der Waals surface area contributed by atoms with Crippen molar-refractivity contribution in [2.24, 2.45) is 5.73 Å². The van der Waals surface area contributed by atoms with Crippen molar-refractivity contribution in [1.29, 1.82) is 0 Å². The molecule has 3 N–H and O–H groups in total. The summed E-state index contributed by atoms with van der Waals surface area (Å²) in [6, 6.07) is -0.498. The molecule has 2 heterocycles. The van der Waals surface area contributed by atoms with Crippen LogP contribution >= 0.6 is 7.60 Å². The summed E-state index contributed by atoms with van der Waals surface area (Å²) in [4.78, 5) is 46.2. The third-order valence-electron chi connectivity index (χ3n) is 3.27. The van der Waals surface area contributed by atoms with E-state index < -0.39 is 43.6 Å². The summed E-state index contributed by atoms with van der Waals surface area (Å²) in [7, 11) is -4.75. The molecule has 1 aromatic rings. The Morgan fingerprint density at radius 1 is 1.46 bits per heavy atom. The molecule has 2 rings (SSSR count). The monoisotopic (exact) mass is 379 g/mol. The van der Waals surface area contributed by atoms with Crippen molar-refractivity contribution in [2.45, 2.75) is 31.7 Å². The Labute approximate surface area is 181 Å². The minimum Gasteiger partial charge on any atom is -0.809 e. The Kier molecular flexibility index (Phi) is 10.5. The van der Waals surface area contributed by atoms with Crippen molar-refractivity contribution in [3.05, 3.63) is 32.6 Å². The maximum absolute atomic E-state index is 11.8. The first-order chi connectivity index (χ1) is 10.2. The number of aromatic amines is 1. The van der Waals surface area contributed by atoms with Gasteiger partial charge in [0.05, 0.1) is 19.1 Å². The number of nitrogens with one attached hydrogen (secondary N) is 1. The summed E-state index contributed by atoms with van der Waals surface area (Å²) in [5.74, 6) is 0. The molecule has 24 heavy (non-hydrogen) atoms. The Morgan fingerprint density at radius 3 is 2.67 bits per heavy atom. The average molecular weight is 379 g/mol. The molecule has 0 unspecified atom stereocenters. The van der Waals surface area contributed by atoms with E-state index in [1.807, 2.05) is 0 Å². The molecule has 0 radical (unpaired) electrons. The molecule has 1 fully saturated rings. The largest absolute Gasteiger partial charge is 1.00 e. The summed E-state index contributed by atoms with van der Waals surface area (Å²) in [6.45, 7) is 1.37. The van der Waals surface area contributed by atoms with E-state index in [2.05, 4.69) is 4.98 Å². The van der Waals surface area contributed by atoms with Crippen LogP contribution in [-0.4, -0.2) is 34.7 Å². The zero-order chi connectivity index (χ0) is 16.5. The molecule has 1 aliphatic heterocycles. The van der Waals surface area contributed by atoms with Crippen LogP contribution in [0.1, 0.15) is 18.2 Å². The molecule has 10 nitrogen and oxygen atoms in total. The Hall–Kier alpha value is 0.710. The molecular formula is C11H16N3Na2O7P. The zero-order valence-corrected chi connectivity index (χ0v) is 18.7. The number of nitrogens with zero attached hydrogens (tertiary/aromatic N) is 1. The summed E-state index contributed by atoms with van der Waals surface area (Å²) < 4.78 is 22.0. The van der Waals surface area contributed by atoms with Gasteiger partial charge in [0.1, 0.15) is 6.23 Å². The number of aromatic nitrogens is 2. The summed E-state index contributed by atoms with van der Waals surface area (Å²) in [5, 5.41) is 0. The molecule has 0 bridgehead atoms. The van der Waals surface area contributed by atoms with Gasteiger partial charge in [-0.15, -0.1) is 0 Å². The van der Waals surface area contributed by atoms with E-state index in [0.717, 1.165) is 0 Å². The number of ether oxygens (including phenoxy) is 2. The number of hydrogen-bond acceptors (Lipinski definition) is 8. The third kappa shape index (κ3) is 6.79. The molecule has 13 heteroatoms. The van der Waals surface area contributed by atoms with E-state index in [1.54, 1.807) is 6.92 Å². The fourth-order valence-electron chi connectivity index (χ4n) is 2.17. The van der Waals surface area contributed by atoms with Gasteiger partial charge in [0.15, 0.2) is 0 Å². The number of hydrogen-bond donors (Lipinski definition) is 2. The maximum Gasteiger partial charge on any atom is 1.00 e. The smallest absolute Gasteiger partial charge is 0.809 e. The molecule has 3 atom stereocenters. The number of H-pyrrole nitrogens is 1.